The lowest BCUT2D eigenvalue weighted by atomic mass is 10.2. The van der Waals surface area contributed by atoms with Crippen molar-refractivity contribution >= 4 is 11.9 Å². The van der Waals surface area contributed by atoms with E-state index < -0.39 is 0 Å². The molecule has 3 heterocycles. The maximum Gasteiger partial charge on any atom is 0.230 e. The third-order valence-corrected chi connectivity index (χ3v) is 3.46. The van der Waals surface area contributed by atoms with Gasteiger partial charge < -0.3 is 10.2 Å². The molecule has 1 aliphatic heterocycles. The van der Waals surface area contributed by atoms with E-state index >= 15 is 0 Å². The number of nitrogens with zero attached hydrogens (tertiary/aromatic N) is 5. The molecule has 6 heteroatoms. The van der Waals surface area contributed by atoms with Crippen LogP contribution in [-0.2, 0) is 6.42 Å². The highest BCUT2D eigenvalue weighted by molar-refractivity contribution is 5.38. The summed E-state index contributed by atoms with van der Waals surface area (Å²) in [6, 6.07) is 5.89. The molecular weight excluding hydrogens is 264 g/mol. The van der Waals surface area contributed by atoms with Crippen LogP contribution >= 0.6 is 0 Å². The Hall–Kier alpha value is -2.24. The molecule has 0 aliphatic carbocycles. The number of nitrogens with one attached hydrogen (secondary N) is 1. The quantitative estimate of drug-likeness (QED) is 0.904. The summed E-state index contributed by atoms with van der Waals surface area (Å²) in [5, 5.41) is 3.19. The largest absolute Gasteiger partial charge is 0.354 e. The number of pyridine rings is 1. The SMILES string of the molecule is CCNc1nc(Cc2ccccn2)nc(N2CCCC2)n1. The summed E-state index contributed by atoms with van der Waals surface area (Å²) < 4.78 is 0. The Labute approximate surface area is 124 Å². The van der Waals surface area contributed by atoms with Gasteiger partial charge in [-0.15, -0.1) is 0 Å². The van der Waals surface area contributed by atoms with Gasteiger partial charge in [0.1, 0.15) is 5.82 Å². The zero-order valence-corrected chi connectivity index (χ0v) is 12.3. The Morgan fingerprint density at radius 1 is 1.14 bits per heavy atom. The van der Waals surface area contributed by atoms with Crippen LogP contribution in [0.3, 0.4) is 0 Å². The van der Waals surface area contributed by atoms with Crippen molar-refractivity contribution in [3.05, 3.63) is 35.9 Å². The van der Waals surface area contributed by atoms with Gasteiger partial charge in [-0.05, 0) is 31.9 Å². The monoisotopic (exact) mass is 284 g/mol. The highest BCUT2D eigenvalue weighted by atomic mass is 15.3. The van der Waals surface area contributed by atoms with Crippen LogP contribution in [0.2, 0.25) is 0 Å². The molecule has 0 saturated carbocycles. The third kappa shape index (κ3) is 3.45. The van der Waals surface area contributed by atoms with Crippen molar-refractivity contribution in [1.29, 1.82) is 0 Å². The molecule has 2 aromatic rings. The fourth-order valence-corrected chi connectivity index (χ4v) is 2.45. The van der Waals surface area contributed by atoms with E-state index in [1.54, 1.807) is 6.20 Å². The van der Waals surface area contributed by atoms with Gasteiger partial charge in [-0.25, -0.2) is 0 Å². The summed E-state index contributed by atoms with van der Waals surface area (Å²) in [5.74, 6) is 2.20. The van der Waals surface area contributed by atoms with E-state index in [-0.39, 0.29) is 0 Å². The molecule has 0 bridgehead atoms. The lowest BCUT2D eigenvalue weighted by molar-refractivity contribution is 0.835. The van der Waals surface area contributed by atoms with Crippen molar-refractivity contribution in [1.82, 2.24) is 19.9 Å². The summed E-state index contributed by atoms with van der Waals surface area (Å²) in [4.78, 5) is 20.2. The molecule has 0 amide bonds. The molecule has 0 unspecified atom stereocenters. The molecule has 1 fully saturated rings. The first-order valence-electron chi connectivity index (χ1n) is 7.49. The second-order valence-electron chi connectivity index (χ2n) is 5.10. The Morgan fingerprint density at radius 3 is 2.71 bits per heavy atom. The first-order valence-corrected chi connectivity index (χ1v) is 7.49. The van der Waals surface area contributed by atoms with Crippen molar-refractivity contribution in [3.63, 3.8) is 0 Å². The van der Waals surface area contributed by atoms with Crippen LogP contribution in [0, 0.1) is 0 Å². The van der Waals surface area contributed by atoms with Crippen molar-refractivity contribution in [2.75, 3.05) is 29.9 Å². The topological polar surface area (TPSA) is 66.8 Å². The van der Waals surface area contributed by atoms with Crippen molar-refractivity contribution in [2.24, 2.45) is 0 Å². The van der Waals surface area contributed by atoms with E-state index in [0.29, 0.717) is 12.4 Å². The average Bonchev–Trinajstić information content (AvgIpc) is 3.03. The minimum atomic E-state index is 0.628. The Bertz CT molecular complexity index is 580. The predicted molar refractivity (Wildman–Crippen MR) is 82.5 cm³/mol. The summed E-state index contributed by atoms with van der Waals surface area (Å²) in [7, 11) is 0. The van der Waals surface area contributed by atoms with E-state index in [1.807, 2.05) is 25.1 Å². The summed E-state index contributed by atoms with van der Waals surface area (Å²) in [5.41, 5.74) is 0.971. The highest BCUT2D eigenvalue weighted by Crippen LogP contribution is 2.17. The number of aromatic nitrogens is 4. The molecule has 21 heavy (non-hydrogen) atoms. The van der Waals surface area contributed by atoms with Gasteiger partial charge in [-0.3, -0.25) is 4.98 Å². The Balaban J connectivity index is 1.87. The summed E-state index contributed by atoms with van der Waals surface area (Å²) >= 11 is 0. The van der Waals surface area contributed by atoms with Crippen LogP contribution in [-0.4, -0.2) is 39.6 Å². The number of hydrogen-bond donors (Lipinski definition) is 1. The molecule has 110 valence electrons. The fourth-order valence-electron chi connectivity index (χ4n) is 2.45. The van der Waals surface area contributed by atoms with Crippen LogP contribution in [0.4, 0.5) is 11.9 Å². The summed E-state index contributed by atoms with van der Waals surface area (Å²) in [6.07, 6.45) is 4.83. The third-order valence-electron chi connectivity index (χ3n) is 3.46. The maximum atomic E-state index is 4.62. The van der Waals surface area contributed by atoms with Gasteiger partial charge >= 0.3 is 0 Å². The second kappa shape index (κ2) is 6.47. The van der Waals surface area contributed by atoms with Crippen LogP contribution in [0.5, 0.6) is 0 Å². The smallest absolute Gasteiger partial charge is 0.230 e. The predicted octanol–water partition coefficient (Wildman–Crippen LogP) is 1.89. The molecule has 1 saturated heterocycles. The van der Waals surface area contributed by atoms with E-state index in [2.05, 4.69) is 30.2 Å². The van der Waals surface area contributed by atoms with Crippen molar-refractivity contribution in [3.8, 4) is 0 Å². The molecule has 1 N–H and O–H groups in total. The van der Waals surface area contributed by atoms with Crippen molar-refractivity contribution < 1.29 is 0 Å². The van der Waals surface area contributed by atoms with Crippen LogP contribution in [0.1, 0.15) is 31.3 Å². The number of hydrogen-bond acceptors (Lipinski definition) is 6. The lowest BCUT2D eigenvalue weighted by Gasteiger charge is -2.16. The lowest BCUT2D eigenvalue weighted by Crippen LogP contribution is -2.22. The van der Waals surface area contributed by atoms with E-state index in [9.17, 15) is 0 Å². The molecule has 3 rings (SSSR count). The molecule has 0 spiro atoms. The minimum absolute atomic E-state index is 0.628. The van der Waals surface area contributed by atoms with Crippen LogP contribution in [0.25, 0.3) is 0 Å². The van der Waals surface area contributed by atoms with E-state index in [0.717, 1.165) is 37.1 Å². The Morgan fingerprint density at radius 2 is 2.00 bits per heavy atom. The number of rotatable bonds is 5. The molecule has 6 nitrogen and oxygen atoms in total. The highest BCUT2D eigenvalue weighted by Gasteiger charge is 2.17. The second-order valence-corrected chi connectivity index (χ2v) is 5.10. The molecule has 1 aliphatic rings. The molecule has 2 aromatic heterocycles. The van der Waals surface area contributed by atoms with Gasteiger partial charge in [0.15, 0.2) is 0 Å². The molecule has 0 aromatic carbocycles. The van der Waals surface area contributed by atoms with Crippen molar-refractivity contribution in [2.45, 2.75) is 26.2 Å². The van der Waals surface area contributed by atoms with E-state index in [4.69, 9.17) is 0 Å². The maximum absolute atomic E-state index is 4.62. The Kier molecular flexibility index (Phi) is 4.23. The number of anilines is 2. The normalized spacial score (nSPS) is 14.4. The zero-order valence-electron chi connectivity index (χ0n) is 12.3. The first kappa shape index (κ1) is 13.7. The molecule has 0 radical (unpaired) electrons. The molecular formula is C15H20N6. The van der Waals surface area contributed by atoms with Gasteiger partial charge in [0.05, 0.1) is 6.42 Å². The van der Waals surface area contributed by atoms with Gasteiger partial charge in [0.2, 0.25) is 11.9 Å². The van der Waals surface area contributed by atoms with Gasteiger partial charge in [-0.1, -0.05) is 6.07 Å². The first-order chi connectivity index (χ1) is 10.3. The average molecular weight is 284 g/mol. The summed E-state index contributed by atoms with van der Waals surface area (Å²) in [6.45, 7) is 4.89. The molecule has 0 atom stereocenters. The minimum Gasteiger partial charge on any atom is -0.354 e. The van der Waals surface area contributed by atoms with Crippen LogP contribution in [0.15, 0.2) is 24.4 Å². The zero-order chi connectivity index (χ0) is 14.5. The fraction of sp³-hybridized carbons (Fsp3) is 0.467. The van der Waals surface area contributed by atoms with Crippen LogP contribution < -0.4 is 10.2 Å². The van der Waals surface area contributed by atoms with E-state index in [1.165, 1.54) is 12.8 Å². The standard InChI is InChI=1S/C15H20N6/c1-2-16-14-18-13(11-12-7-3-4-8-17-12)19-15(20-14)21-9-5-6-10-21/h3-4,7-8H,2,5-6,9-11H2,1H3,(H,16,18,19,20). The van der Waals surface area contributed by atoms with Gasteiger partial charge in [0, 0.05) is 31.5 Å². The van der Waals surface area contributed by atoms with Gasteiger partial charge in [0.25, 0.3) is 0 Å². The van der Waals surface area contributed by atoms with Gasteiger partial charge in [-0.2, -0.15) is 15.0 Å².